The third-order valence-corrected chi connectivity index (χ3v) is 4.06. The van der Waals surface area contributed by atoms with Crippen LogP contribution < -0.4 is 11.1 Å². The molecule has 0 aromatic rings. The number of rotatable bonds is 3. The molecule has 6 nitrogen and oxygen atoms in total. The van der Waals surface area contributed by atoms with Crippen LogP contribution >= 0.6 is 0 Å². The van der Waals surface area contributed by atoms with E-state index in [0.717, 1.165) is 12.8 Å². The molecule has 0 radical (unpaired) electrons. The van der Waals surface area contributed by atoms with Gasteiger partial charge in [0, 0.05) is 18.1 Å². The number of guanidine groups is 1. The molecule has 3 N–H and O–H groups in total. The van der Waals surface area contributed by atoms with Crippen molar-refractivity contribution in [3.63, 3.8) is 0 Å². The third-order valence-electron chi connectivity index (χ3n) is 2.72. The molecule has 0 unspecified atom stereocenters. The summed E-state index contributed by atoms with van der Waals surface area (Å²) in [4.78, 5) is 4.23. The van der Waals surface area contributed by atoms with Crippen molar-refractivity contribution in [1.82, 2.24) is 9.62 Å². The quantitative estimate of drug-likeness (QED) is 0.566. The number of nitrogens with zero attached hydrogens (tertiary/aromatic N) is 2. The Morgan fingerprint density at radius 2 is 2.11 bits per heavy atom. The van der Waals surface area contributed by atoms with Gasteiger partial charge in [-0.3, -0.25) is 4.99 Å². The van der Waals surface area contributed by atoms with E-state index in [2.05, 4.69) is 10.3 Å². The van der Waals surface area contributed by atoms with Crippen molar-refractivity contribution in [3.05, 3.63) is 0 Å². The maximum absolute atomic E-state index is 11.5. The molecule has 1 aliphatic rings. The highest BCUT2D eigenvalue weighted by molar-refractivity contribution is 7.88. The lowest BCUT2D eigenvalue weighted by Crippen LogP contribution is -2.45. The Morgan fingerprint density at radius 3 is 2.61 bits per heavy atom. The van der Waals surface area contributed by atoms with Crippen LogP contribution in [-0.2, 0) is 10.0 Å². The second kappa shape index (κ2) is 5.44. The SMILES string of the molecule is CC(C)(C)NC(N)=NC[C@H]1CCCN1S(C)(=O)=O. The number of hydrogen-bond acceptors (Lipinski definition) is 3. The van der Waals surface area contributed by atoms with E-state index in [9.17, 15) is 8.42 Å². The number of sulfonamides is 1. The summed E-state index contributed by atoms with van der Waals surface area (Å²) in [6.45, 7) is 6.99. The lowest BCUT2D eigenvalue weighted by molar-refractivity contribution is 0.396. The minimum Gasteiger partial charge on any atom is -0.370 e. The summed E-state index contributed by atoms with van der Waals surface area (Å²) in [7, 11) is -3.13. The Hall–Kier alpha value is -0.820. The zero-order valence-corrected chi connectivity index (χ0v) is 12.4. The molecular formula is C11H24N4O2S. The summed E-state index contributed by atoms with van der Waals surface area (Å²) >= 11 is 0. The highest BCUT2D eigenvalue weighted by Crippen LogP contribution is 2.20. The van der Waals surface area contributed by atoms with Gasteiger partial charge in [-0.15, -0.1) is 0 Å². The van der Waals surface area contributed by atoms with Gasteiger partial charge in [0.15, 0.2) is 5.96 Å². The normalized spacial score (nSPS) is 23.3. The first-order valence-electron chi connectivity index (χ1n) is 6.14. The first-order valence-corrected chi connectivity index (χ1v) is 7.99. The van der Waals surface area contributed by atoms with E-state index in [1.165, 1.54) is 10.6 Å². The fourth-order valence-corrected chi connectivity index (χ4v) is 3.23. The van der Waals surface area contributed by atoms with Gasteiger partial charge in [0.1, 0.15) is 0 Å². The van der Waals surface area contributed by atoms with E-state index in [4.69, 9.17) is 5.73 Å². The molecule has 0 aromatic heterocycles. The molecular weight excluding hydrogens is 252 g/mol. The summed E-state index contributed by atoms with van der Waals surface area (Å²) in [5.74, 6) is 0.364. The molecule has 1 heterocycles. The fraction of sp³-hybridized carbons (Fsp3) is 0.909. The molecule has 0 aromatic carbocycles. The third kappa shape index (κ3) is 4.81. The monoisotopic (exact) mass is 276 g/mol. The standard InChI is InChI=1S/C11H24N4O2S/c1-11(2,3)14-10(12)13-8-9-6-5-7-15(9)18(4,16)17/h9H,5-8H2,1-4H3,(H3,12,13,14)/t9-/m1/s1. The number of aliphatic imine (C=N–C) groups is 1. The zero-order valence-electron chi connectivity index (χ0n) is 11.6. The minimum absolute atomic E-state index is 0.0553. The van der Waals surface area contributed by atoms with E-state index in [-0.39, 0.29) is 11.6 Å². The van der Waals surface area contributed by atoms with E-state index in [1.807, 2.05) is 20.8 Å². The van der Waals surface area contributed by atoms with Gasteiger partial charge >= 0.3 is 0 Å². The van der Waals surface area contributed by atoms with Crippen molar-refractivity contribution in [2.75, 3.05) is 19.3 Å². The highest BCUT2D eigenvalue weighted by Gasteiger charge is 2.31. The Morgan fingerprint density at radius 1 is 1.50 bits per heavy atom. The Kier molecular flexibility index (Phi) is 4.61. The molecule has 18 heavy (non-hydrogen) atoms. The van der Waals surface area contributed by atoms with Crippen LogP contribution in [0.15, 0.2) is 4.99 Å². The largest absolute Gasteiger partial charge is 0.370 e. The van der Waals surface area contributed by atoms with Gasteiger partial charge in [-0.1, -0.05) is 0 Å². The first-order chi connectivity index (χ1) is 8.09. The van der Waals surface area contributed by atoms with Gasteiger partial charge in [0.25, 0.3) is 0 Å². The van der Waals surface area contributed by atoms with Crippen molar-refractivity contribution in [2.24, 2.45) is 10.7 Å². The molecule has 1 saturated heterocycles. The fourth-order valence-electron chi connectivity index (χ4n) is 2.06. The summed E-state index contributed by atoms with van der Waals surface area (Å²) in [6.07, 6.45) is 2.98. The average molecular weight is 276 g/mol. The Bertz CT molecular complexity index is 411. The van der Waals surface area contributed by atoms with E-state index < -0.39 is 10.0 Å². The van der Waals surface area contributed by atoms with Crippen LogP contribution in [0.2, 0.25) is 0 Å². The molecule has 1 atom stereocenters. The van der Waals surface area contributed by atoms with Gasteiger partial charge in [-0.05, 0) is 33.6 Å². The van der Waals surface area contributed by atoms with Gasteiger partial charge in [0.05, 0.1) is 12.8 Å². The summed E-state index contributed by atoms with van der Waals surface area (Å²) in [5.41, 5.74) is 5.62. The van der Waals surface area contributed by atoms with Crippen LogP contribution in [0.5, 0.6) is 0 Å². The lowest BCUT2D eigenvalue weighted by atomic mass is 10.1. The predicted octanol–water partition coefficient (Wildman–Crippen LogP) is 0.113. The summed E-state index contributed by atoms with van der Waals surface area (Å²) in [5, 5.41) is 3.06. The van der Waals surface area contributed by atoms with E-state index in [1.54, 1.807) is 0 Å². The van der Waals surface area contributed by atoms with Crippen LogP contribution in [0.4, 0.5) is 0 Å². The van der Waals surface area contributed by atoms with Crippen molar-refractivity contribution in [2.45, 2.75) is 45.2 Å². The maximum Gasteiger partial charge on any atom is 0.211 e. The Labute approximate surface area is 110 Å². The number of hydrogen-bond donors (Lipinski definition) is 2. The molecule has 0 amide bonds. The molecule has 1 rings (SSSR count). The van der Waals surface area contributed by atoms with Crippen LogP contribution in [-0.4, -0.2) is 49.6 Å². The van der Waals surface area contributed by atoms with Crippen molar-refractivity contribution < 1.29 is 8.42 Å². The number of nitrogens with one attached hydrogen (secondary N) is 1. The van der Waals surface area contributed by atoms with Crippen LogP contribution in [0.25, 0.3) is 0 Å². The Balaban J connectivity index is 2.60. The lowest BCUT2D eigenvalue weighted by Gasteiger charge is -2.23. The molecule has 1 aliphatic heterocycles. The van der Waals surface area contributed by atoms with Gasteiger partial charge in [0.2, 0.25) is 10.0 Å². The van der Waals surface area contributed by atoms with Crippen LogP contribution in [0.1, 0.15) is 33.6 Å². The minimum atomic E-state index is -3.13. The van der Waals surface area contributed by atoms with Crippen molar-refractivity contribution in [3.8, 4) is 0 Å². The van der Waals surface area contributed by atoms with Gasteiger partial charge < -0.3 is 11.1 Å². The average Bonchev–Trinajstić information content (AvgIpc) is 2.58. The summed E-state index contributed by atoms with van der Waals surface area (Å²) < 4.78 is 24.6. The van der Waals surface area contributed by atoms with Crippen molar-refractivity contribution >= 4 is 16.0 Å². The van der Waals surface area contributed by atoms with Gasteiger partial charge in [-0.2, -0.15) is 4.31 Å². The first kappa shape index (κ1) is 15.2. The summed E-state index contributed by atoms with van der Waals surface area (Å²) in [6, 6.07) is -0.0553. The molecule has 1 fully saturated rings. The molecule has 7 heteroatoms. The molecule has 0 bridgehead atoms. The maximum atomic E-state index is 11.5. The molecule has 0 saturated carbocycles. The second-order valence-electron chi connectivity index (χ2n) is 5.77. The van der Waals surface area contributed by atoms with Crippen molar-refractivity contribution in [1.29, 1.82) is 0 Å². The van der Waals surface area contributed by atoms with Crippen LogP contribution in [0.3, 0.4) is 0 Å². The topological polar surface area (TPSA) is 87.8 Å². The predicted molar refractivity (Wildman–Crippen MR) is 73.9 cm³/mol. The molecule has 106 valence electrons. The molecule has 0 spiro atoms. The molecule has 0 aliphatic carbocycles. The van der Waals surface area contributed by atoms with E-state index in [0.29, 0.717) is 19.0 Å². The van der Waals surface area contributed by atoms with Gasteiger partial charge in [-0.25, -0.2) is 8.42 Å². The second-order valence-corrected chi connectivity index (χ2v) is 7.71. The zero-order chi connectivity index (χ0) is 14.0. The smallest absolute Gasteiger partial charge is 0.211 e. The van der Waals surface area contributed by atoms with Crippen LogP contribution in [0, 0.1) is 0 Å². The number of nitrogens with two attached hydrogens (primary N) is 1. The van der Waals surface area contributed by atoms with E-state index >= 15 is 0 Å². The highest BCUT2D eigenvalue weighted by atomic mass is 32.2.